The molecule has 1 rings (SSSR count). The van der Waals surface area contributed by atoms with E-state index < -0.39 is 0 Å². The fraction of sp³-hybridized carbons (Fsp3) is 0.385. The minimum Gasteiger partial charge on any atom is -0.327 e. The maximum Gasteiger partial charge on any atom is 0.00790 e. The molecule has 14 heavy (non-hydrogen) atoms. The molecule has 0 amide bonds. The van der Waals surface area contributed by atoms with E-state index in [-0.39, 0.29) is 6.04 Å². The summed E-state index contributed by atoms with van der Waals surface area (Å²) in [5.41, 5.74) is 8.50. The zero-order valence-electron chi connectivity index (χ0n) is 8.87. The molecule has 0 aliphatic heterocycles. The Labute approximate surface area is 86.6 Å². The summed E-state index contributed by atoms with van der Waals surface area (Å²) < 4.78 is 0. The minimum absolute atomic E-state index is 0.257. The topological polar surface area (TPSA) is 26.0 Å². The van der Waals surface area contributed by atoms with E-state index in [4.69, 9.17) is 5.73 Å². The van der Waals surface area contributed by atoms with Crippen LogP contribution < -0.4 is 5.73 Å². The first kappa shape index (κ1) is 11.0. The molecule has 1 atom stereocenters. The highest BCUT2D eigenvalue weighted by molar-refractivity contribution is 5.14. The van der Waals surface area contributed by atoms with Gasteiger partial charge in [0.25, 0.3) is 0 Å². The predicted octanol–water partition coefficient (Wildman–Crippen LogP) is 2.91. The van der Waals surface area contributed by atoms with Gasteiger partial charge in [-0.3, -0.25) is 0 Å². The Balaban J connectivity index is 2.30. The Hall–Kier alpha value is -1.08. The highest BCUT2D eigenvalue weighted by Crippen LogP contribution is 2.08. The molecule has 0 radical (unpaired) electrons. The van der Waals surface area contributed by atoms with Gasteiger partial charge in [0.2, 0.25) is 0 Å². The maximum atomic E-state index is 5.96. The first-order chi connectivity index (χ1) is 6.68. The van der Waals surface area contributed by atoms with Crippen molar-refractivity contribution in [3.63, 3.8) is 0 Å². The normalized spacial score (nSPS) is 12.4. The van der Waals surface area contributed by atoms with Crippen molar-refractivity contribution in [2.75, 3.05) is 0 Å². The van der Waals surface area contributed by atoms with E-state index in [1.165, 1.54) is 11.1 Å². The van der Waals surface area contributed by atoms with Gasteiger partial charge < -0.3 is 5.73 Å². The minimum atomic E-state index is 0.257. The summed E-state index contributed by atoms with van der Waals surface area (Å²) in [6.45, 7) is 5.90. The highest BCUT2D eigenvalue weighted by atomic mass is 14.6. The second kappa shape index (κ2) is 5.61. The van der Waals surface area contributed by atoms with Crippen molar-refractivity contribution in [3.05, 3.63) is 48.0 Å². The molecule has 0 spiro atoms. The lowest BCUT2D eigenvalue weighted by molar-refractivity contribution is 0.608. The number of nitrogens with two attached hydrogens (primary N) is 1. The maximum absolute atomic E-state index is 5.96. The van der Waals surface area contributed by atoms with Gasteiger partial charge in [0, 0.05) is 6.04 Å². The average molecular weight is 189 g/mol. The lowest BCUT2D eigenvalue weighted by Gasteiger charge is -2.10. The summed E-state index contributed by atoms with van der Waals surface area (Å²) in [6.07, 6.45) is 3.04. The molecule has 76 valence electrons. The van der Waals surface area contributed by atoms with Crippen molar-refractivity contribution < 1.29 is 0 Å². The molecule has 1 unspecified atom stereocenters. The van der Waals surface area contributed by atoms with Crippen LogP contribution in [0.3, 0.4) is 0 Å². The molecule has 1 heteroatoms. The zero-order chi connectivity index (χ0) is 10.4. The molecule has 0 aromatic heterocycles. The van der Waals surface area contributed by atoms with Crippen LogP contribution in [0.2, 0.25) is 0 Å². The van der Waals surface area contributed by atoms with Crippen molar-refractivity contribution in [2.24, 2.45) is 5.73 Å². The Morgan fingerprint density at radius 1 is 1.36 bits per heavy atom. The summed E-state index contributed by atoms with van der Waals surface area (Å²) in [4.78, 5) is 0. The van der Waals surface area contributed by atoms with Gasteiger partial charge in [-0.2, -0.15) is 0 Å². The van der Waals surface area contributed by atoms with E-state index in [0.717, 1.165) is 19.3 Å². The van der Waals surface area contributed by atoms with Crippen molar-refractivity contribution in [1.82, 2.24) is 0 Å². The van der Waals surface area contributed by atoms with Crippen molar-refractivity contribution in [3.8, 4) is 0 Å². The van der Waals surface area contributed by atoms with Gasteiger partial charge in [-0.25, -0.2) is 0 Å². The molecule has 0 aliphatic rings. The summed E-state index contributed by atoms with van der Waals surface area (Å²) in [5, 5.41) is 0. The van der Waals surface area contributed by atoms with E-state index >= 15 is 0 Å². The van der Waals surface area contributed by atoms with E-state index in [2.05, 4.69) is 30.8 Å². The number of benzene rings is 1. The van der Waals surface area contributed by atoms with E-state index in [1.54, 1.807) is 0 Å². The predicted molar refractivity (Wildman–Crippen MR) is 62.2 cm³/mol. The van der Waals surface area contributed by atoms with Crippen LogP contribution >= 0.6 is 0 Å². The molecule has 1 aromatic rings. The van der Waals surface area contributed by atoms with Crippen LogP contribution in [0.1, 0.15) is 25.3 Å². The molecule has 1 nitrogen and oxygen atoms in total. The average Bonchev–Trinajstić information content (AvgIpc) is 2.15. The zero-order valence-corrected chi connectivity index (χ0v) is 8.87. The summed E-state index contributed by atoms with van der Waals surface area (Å²) in [6, 6.07) is 10.7. The third-order valence-electron chi connectivity index (χ3n) is 2.26. The quantitative estimate of drug-likeness (QED) is 0.708. The van der Waals surface area contributed by atoms with Crippen molar-refractivity contribution >= 4 is 0 Å². The summed E-state index contributed by atoms with van der Waals surface area (Å²) >= 11 is 0. The molecular formula is C13H19N. The second-order valence-electron chi connectivity index (χ2n) is 3.95. The third-order valence-corrected chi connectivity index (χ3v) is 2.26. The molecule has 0 heterocycles. The third kappa shape index (κ3) is 4.24. The lowest BCUT2D eigenvalue weighted by Crippen LogP contribution is -2.20. The van der Waals surface area contributed by atoms with Gasteiger partial charge in [-0.1, -0.05) is 35.9 Å². The Bertz CT molecular complexity index is 277. The summed E-state index contributed by atoms with van der Waals surface area (Å²) in [7, 11) is 0. The Morgan fingerprint density at radius 3 is 2.57 bits per heavy atom. The fourth-order valence-corrected chi connectivity index (χ4v) is 1.55. The Morgan fingerprint density at radius 2 is 2.00 bits per heavy atom. The van der Waals surface area contributed by atoms with Crippen LogP contribution in [-0.2, 0) is 6.42 Å². The lowest BCUT2D eigenvalue weighted by atomic mass is 10.0. The second-order valence-corrected chi connectivity index (χ2v) is 3.95. The Kier molecular flexibility index (Phi) is 4.41. The van der Waals surface area contributed by atoms with Gasteiger partial charge in [0.15, 0.2) is 0 Å². The molecular weight excluding hydrogens is 170 g/mol. The molecule has 0 saturated heterocycles. The van der Waals surface area contributed by atoms with Crippen molar-refractivity contribution in [2.45, 2.75) is 32.2 Å². The van der Waals surface area contributed by atoms with Gasteiger partial charge in [0.1, 0.15) is 0 Å². The van der Waals surface area contributed by atoms with Gasteiger partial charge >= 0.3 is 0 Å². The molecule has 1 aromatic carbocycles. The van der Waals surface area contributed by atoms with E-state index in [0.29, 0.717) is 0 Å². The molecule has 0 bridgehead atoms. The molecule has 0 fully saturated rings. The monoisotopic (exact) mass is 189 g/mol. The van der Waals surface area contributed by atoms with Crippen LogP contribution in [-0.4, -0.2) is 6.04 Å². The highest BCUT2D eigenvalue weighted by Gasteiger charge is 2.02. The standard InChI is InChI=1S/C13H19N/c1-11(2)10-13(14)9-8-12-6-4-3-5-7-12/h3-7,13H,1,8-10,14H2,2H3. The van der Waals surface area contributed by atoms with Crippen LogP contribution in [0.4, 0.5) is 0 Å². The van der Waals surface area contributed by atoms with Crippen LogP contribution in [0.15, 0.2) is 42.5 Å². The van der Waals surface area contributed by atoms with Gasteiger partial charge in [-0.15, -0.1) is 6.58 Å². The van der Waals surface area contributed by atoms with E-state index in [9.17, 15) is 0 Å². The summed E-state index contributed by atoms with van der Waals surface area (Å²) in [5.74, 6) is 0. The number of hydrogen-bond donors (Lipinski definition) is 1. The first-order valence-electron chi connectivity index (χ1n) is 5.12. The smallest absolute Gasteiger partial charge is 0.00790 e. The van der Waals surface area contributed by atoms with Crippen LogP contribution in [0.25, 0.3) is 0 Å². The van der Waals surface area contributed by atoms with Crippen LogP contribution in [0.5, 0.6) is 0 Å². The number of aryl methyl sites for hydroxylation is 1. The number of rotatable bonds is 5. The molecule has 0 saturated carbocycles. The number of hydrogen-bond acceptors (Lipinski definition) is 1. The van der Waals surface area contributed by atoms with Gasteiger partial charge in [0.05, 0.1) is 0 Å². The fourth-order valence-electron chi connectivity index (χ4n) is 1.55. The van der Waals surface area contributed by atoms with E-state index in [1.807, 2.05) is 13.0 Å². The van der Waals surface area contributed by atoms with Crippen molar-refractivity contribution in [1.29, 1.82) is 0 Å². The van der Waals surface area contributed by atoms with Gasteiger partial charge in [-0.05, 0) is 31.7 Å². The van der Waals surface area contributed by atoms with Crippen LogP contribution in [0, 0.1) is 0 Å². The SMILES string of the molecule is C=C(C)CC(N)CCc1ccccc1. The first-order valence-corrected chi connectivity index (χ1v) is 5.12. The molecule has 2 N–H and O–H groups in total. The molecule has 0 aliphatic carbocycles. The largest absolute Gasteiger partial charge is 0.327 e.